The molecule has 1 aromatic carbocycles. The number of halogens is 3. The minimum absolute atomic E-state index is 0.0494. The van der Waals surface area contributed by atoms with Crippen LogP contribution in [0.4, 0.5) is 13.2 Å². The van der Waals surface area contributed by atoms with E-state index in [9.17, 15) is 22.8 Å². The predicted molar refractivity (Wildman–Crippen MR) is 92.9 cm³/mol. The zero-order valence-corrected chi connectivity index (χ0v) is 14.8. The van der Waals surface area contributed by atoms with Crippen LogP contribution in [-0.4, -0.2) is 22.2 Å². The van der Waals surface area contributed by atoms with Gasteiger partial charge in [-0.3, -0.25) is 9.59 Å². The van der Waals surface area contributed by atoms with Gasteiger partial charge in [-0.1, -0.05) is 12.1 Å². The van der Waals surface area contributed by atoms with Crippen LogP contribution in [0.3, 0.4) is 0 Å². The van der Waals surface area contributed by atoms with Crippen molar-refractivity contribution in [2.75, 3.05) is 0 Å². The van der Waals surface area contributed by atoms with Crippen molar-refractivity contribution < 1.29 is 22.7 Å². The lowest BCUT2D eigenvalue weighted by Gasteiger charge is -2.19. The van der Waals surface area contributed by atoms with Crippen molar-refractivity contribution in [3.63, 3.8) is 0 Å². The van der Waals surface area contributed by atoms with Gasteiger partial charge in [0.15, 0.2) is 0 Å². The van der Waals surface area contributed by atoms with Crippen LogP contribution in [-0.2, 0) is 0 Å². The van der Waals surface area contributed by atoms with Gasteiger partial charge in [0, 0.05) is 12.0 Å². The molecule has 0 saturated heterocycles. The number of nitrogens with zero attached hydrogens (tertiary/aromatic N) is 1. The smallest absolute Gasteiger partial charge is 0.406 e. The molecule has 2 fully saturated rings. The molecule has 4 rings (SSSR count). The van der Waals surface area contributed by atoms with Crippen LogP contribution in [0.5, 0.6) is 5.75 Å². The minimum atomic E-state index is -4.75. The molecule has 0 spiro atoms. The lowest BCUT2D eigenvalue weighted by Crippen LogP contribution is -2.32. The fourth-order valence-electron chi connectivity index (χ4n) is 3.14. The van der Waals surface area contributed by atoms with Crippen molar-refractivity contribution in [1.29, 1.82) is 0 Å². The number of nitrogens with one attached hydrogen (secondary N) is 2. The molecule has 0 radical (unpaired) electrons. The normalized spacial score (nSPS) is 17.8. The molecule has 2 aromatic rings. The molecule has 2 N–H and O–H groups in total. The molecule has 1 unspecified atom stereocenters. The van der Waals surface area contributed by atoms with E-state index in [1.54, 1.807) is 0 Å². The molecule has 1 heterocycles. The summed E-state index contributed by atoms with van der Waals surface area (Å²) in [5, 5.41) is 2.88. The second-order valence-corrected chi connectivity index (χ2v) is 7.20. The number of aromatic nitrogens is 2. The maximum Gasteiger partial charge on any atom is 0.573 e. The van der Waals surface area contributed by atoms with Crippen molar-refractivity contribution in [3.05, 3.63) is 57.8 Å². The molecule has 2 aliphatic rings. The van der Waals surface area contributed by atoms with Gasteiger partial charge < -0.3 is 15.0 Å². The number of rotatable bonds is 6. The lowest BCUT2D eigenvalue weighted by molar-refractivity contribution is -0.274. The zero-order chi connectivity index (χ0) is 19.9. The molecule has 6 nitrogen and oxygen atoms in total. The molecule has 1 amide bonds. The first-order valence-electron chi connectivity index (χ1n) is 9.06. The van der Waals surface area contributed by atoms with Crippen LogP contribution in [0.1, 0.15) is 59.5 Å². The van der Waals surface area contributed by atoms with Crippen LogP contribution < -0.4 is 15.6 Å². The lowest BCUT2D eigenvalue weighted by atomic mass is 10.0. The van der Waals surface area contributed by atoms with Crippen molar-refractivity contribution in [1.82, 2.24) is 15.3 Å². The summed E-state index contributed by atoms with van der Waals surface area (Å²) in [6, 6.07) is 6.25. The summed E-state index contributed by atoms with van der Waals surface area (Å²) in [4.78, 5) is 31.4. The molecule has 9 heteroatoms. The van der Waals surface area contributed by atoms with Gasteiger partial charge in [0.1, 0.15) is 17.3 Å². The molecule has 1 aromatic heterocycles. The van der Waals surface area contributed by atoms with Crippen LogP contribution >= 0.6 is 0 Å². The van der Waals surface area contributed by atoms with Crippen molar-refractivity contribution in [2.24, 2.45) is 5.92 Å². The van der Waals surface area contributed by atoms with Gasteiger partial charge in [-0.25, -0.2) is 4.98 Å². The van der Waals surface area contributed by atoms with Crippen LogP contribution in [0.15, 0.2) is 35.1 Å². The molecule has 28 heavy (non-hydrogen) atoms. The van der Waals surface area contributed by atoms with Gasteiger partial charge in [-0.15, -0.1) is 13.2 Å². The largest absolute Gasteiger partial charge is 0.573 e. The van der Waals surface area contributed by atoms with E-state index in [1.165, 1.54) is 24.3 Å². The predicted octanol–water partition coefficient (Wildman–Crippen LogP) is 3.43. The Morgan fingerprint density at radius 2 is 1.86 bits per heavy atom. The molecular formula is C19H18F3N3O3. The molecule has 0 aliphatic heterocycles. The van der Waals surface area contributed by atoms with E-state index in [-0.39, 0.29) is 34.9 Å². The summed E-state index contributed by atoms with van der Waals surface area (Å²) >= 11 is 0. The highest BCUT2D eigenvalue weighted by Crippen LogP contribution is 2.41. The van der Waals surface area contributed by atoms with Crippen molar-refractivity contribution in [2.45, 2.75) is 44.0 Å². The molecular weight excluding hydrogens is 375 g/mol. The standard InChI is InChI=1S/C19H18F3N3O3/c20-19(21,22)28-13-7-5-11(6-8-13)16(10-1-2-10)25-18(27)14-9-15(26)24-17(23-14)12-3-4-12/h5-10,12,16H,1-4H2,(H,25,27)(H,23,24,26). The maximum atomic E-state index is 12.7. The number of carbonyl (C=O) groups is 1. The van der Waals surface area contributed by atoms with E-state index >= 15 is 0 Å². The minimum Gasteiger partial charge on any atom is -0.406 e. The van der Waals surface area contributed by atoms with Crippen LogP contribution in [0, 0.1) is 5.92 Å². The third kappa shape index (κ3) is 4.52. The first-order valence-corrected chi connectivity index (χ1v) is 9.06. The molecule has 2 aliphatic carbocycles. The number of H-pyrrole nitrogens is 1. The van der Waals surface area contributed by atoms with Crippen molar-refractivity contribution >= 4 is 5.91 Å². The summed E-state index contributed by atoms with van der Waals surface area (Å²) in [5.74, 6) is 0.126. The third-order valence-corrected chi connectivity index (χ3v) is 4.81. The number of hydrogen-bond donors (Lipinski definition) is 2. The summed E-state index contributed by atoms with van der Waals surface area (Å²) in [7, 11) is 0. The van der Waals surface area contributed by atoms with Crippen LogP contribution in [0.2, 0.25) is 0 Å². The Hall–Kier alpha value is -2.84. The van der Waals surface area contributed by atoms with E-state index < -0.39 is 12.3 Å². The summed E-state index contributed by atoms with van der Waals surface area (Å²) in [5.41, 5.74) is 0.352. The molecule has 148 valence electrons. The SMILES string of the molecule is O=C(NC(c1ccc(OC(F)(F)F)cc1)C1CC1)c1cc(=O)[nH]c(C2CC2)n1. The van der Waals surface area contributed by atoms with Gasteiger partial charge in [0.05, 0.1) is 6.04 Å². The summed E-state index contributed by atoms with van der Waals surface area (Å²) in [6.07, 6.45) is -1.07. The summed E-state index contributed by atoms with van der Waals surface area (Å²) < 4.78 is 40.8. The highest BCUT2D eigenvalue weighted by atomic mass is 19.4. The fraction of sp³-hybridized carbons (Fsp3) is 0.421. The average Bonchev–Trinajstić information content (AvgIpc) is 3.52. The van der Waals surface area contributed by atoms with Crippen molar-refractivity contribution in [3.8, 4) is 5.75 Å². The number of aromatic amines is 1. The van der Waals surface area contributed by atoms with E-state index in [2.05, 4.69) is 20.0 Å². The topological polar surface area (TPSA) is 84.1 Å². The average molecular weight is 393 g/mol. The Balaban J connectivity index is 1.51. The first-order chi connectivity index (χ1) is 13.3. The quantitative estimate of drug-likeness (QED) is 0.788. The maximum absolute atomic E-state index is 12.7. The number of alkyl halides is 3. The van der Waals surface area contributed by atoms with Gasteiger partial charge in [0.2, 0.25) is 0 Å². The second-order valence-electron chi connectivity index (χ2n) is 7.20. The number of hydrogen-bond acceptors (Lipinski definition) is 4. The van der Waals surface area contributed by atoms with E-state index in [4.69, 9.17) is 0 Å². The van der Waals surface area contributed by atoms with E-state index in [1.807, 2.05) is 0 Å². The third-order valence-electron chi connectivity index (χ3n) is 4.81. The second kappa shape index (κ2) is 6.96. The van der Waals surface area contributed by atoms with Gasteiger partial charge in [-0.05, 0) is 49.3 Å². The summed E-state index contributed by atoms with van der Waals surface area (Å²) in [6.45, 7) is 0. The number of carbonyl (C=O) groups excluding carboxylic acids is 1. The highest BCUT2D eigenvalue weighted by molar-refractivity contribution is 5.92. The van der Waals surface area contributed by atoms with Gasteiger partial charge >= 0.3 is 6.36 Å². The number of amides is 1. The Morgan fingerprint density at radius 1 is 1.18 bits per heavy atom. The van der Waals surface area contributed by atoms with E-state index in [0.717, 1.165) is 31.7 Å². The Labute approximate surface area is 158 Å². The molecule has 2 saturated carbocycles. The Morgan fingerprint density at radius 3 is 2.43 bits per heavy atom. The highest BCUT2D eigenvalue weighted by Gasteiger charge is 2.35. The fourth-order valence-corrected chi connectivity index (χ4v) is 3.14. The van der Waals surface area contributed by atoms with Gasteiger partial charge in [0.25, 0.3) is 11.5 Å². The molecule has 0 bridgehead atoms. The number of ether oxygens (including phenoxy) is 1. The number of benzene rings is 1. The Kier molecular flexibility index (Phi) is 4.60. The van der Waals surface area contributed by atoms with E-state index in [0.29, 0.717) is 11.4 Å². The zero-order valence-electron chi connectivity index (χ0n) is 14.8. The first kappa shape index (κ1) is 18.5. The Bertz CT molecular complexity index is 932. The molecule has 1 atom stereocenters. The monoisotopic (exact) mass is 393 g/mol. The van der Waals surface area contributed by atoms with Crippen LogP contribution in [0.25, 0.3) is 0 Å². The van der Waals surface area contributed by atoms with Gasteiger partial charge in [-0.2, -0.15) is 0 Å².